The summed E-state index contributed by atoms with van der Waals surface area (Å²) in [5, 5.41) is 3.17. The minimum Gasteiger partial charge on any atom is -0.369 e. The van der Waals surface area contributed by atoms with Crippen LogP contribution in [0.3, 0.4) is 0 Å². The van der Waals surface area contributed by atoms with E-state index in [9.17, 15) is 0 Å². The normalized spacial score (nSPS) is 37.3. The first kappa shape index (κ1) is 2.61. The Balaban J connectivity index is 2.37. The summed E-state index contributed by atoms with van der Waals surface area (Å²) in [6.45, 7) is 1.04. The maximum atomic E-state index is 4.12. The first-order valence-corrected chi connectivity index (χ1v) is 2.25. The van der Waals surface area contributed by atoms with Crippen molar-refractivity contribution in [2.45, 2.75) is 12.5 Å². The Labute approximate surface area is 36.3 Å². The summed E-state index contributed by atoms with van der Waals surface area (Å²) in [5.74, 6) is 1.22. The molecule has 0 saturated carbocycles. The molecular weight excluding hydrogens is 76.1 g/mol. The summed E-state index contributed by atoms with van der Waals surface area (Å²) in [6.07, 6.45) is 1.22. The molecule has 2 nitrogen and oxygen atoms in total. The van der Waals surface area contributed by atoms with Gasteiger partial charge in [-0.3, -0.25) is 4.99 Å². The summed E-state index contributed by atoms with van der Waals surface area (Å²) in [7, 11) is 0. The Morgan fingerprint density at radius 3 is 2.83 bits per heavy atom. The van der Waals surface area contributed by atoms with Gasteiger partial charge in [0.1, 0.15) is 0 Å². The van der Waals surface area contributed by atoms with Crippen molar-refractivity contribution in [2.24, 2.45) is 4.99 Å². The van der Waals surface area contributed by atoms with Crippen molar-refractivity contribution >= 4 is 5.84 Å². The third kappa shape index (κ3) is 0.136. The van der Waals surface area contributed by atoms with Gasteiger partial charge in [0.05, 0.1) is 18.4 Å². The SMILES string of the molecule is C1N=C2CC1N2. The Morgan fingerprint density at radius 2 is 2.67 bits per heavy atom. The van der Waals surface area contributed by atoms with Crippen LogP contribution in [0.2, 0.25) is 0 Å². The third-order valence-corrected chi connectivity index (χ3v) is 1.31. The number of amidine groups is 1. The van der Waals surface area contributed by atoms with Crippen LogP contribution in [-0.4, -0.2) is 18.4 Å². The molecule has 3 aliphatic heterocycles. The average molecular weight is 82.1 g/mol. The molecule has 0 aromatic rings. The zero-order valence-electron chi connectivity index (χ0n) is 3.44. The zero-order valence-corrected chi connectivity index (χ0v) is 3.44. The van der Waals surface area contributed by atoms with Gasteiger partial charge in [-0.05, 0) is 0 Å². The van der Waals surface area contributed by atoms with Crippen molar-refractivity contribution in [3.05, 3.63) is 0 Å². The fourth-order valence-corrected chi connectivity index (χ4v) is 0.889. The lowest BCUT2D eigenvalue weighted by Crippen LogP contribution is -2.43. The molecule has 0 spiro atoms. The third-order valence-electron chi connectivity index (χ3n) is 1.31. The van der Waals surface area contributed by atoms with Gasteiger partial charge in [-0.25, -0.2) is 0 Å². The highest BCUT2D eigenvalue weighted by molar-refractivity contribution is 5.91. The lowest BCUT2D eigenvalue weighted by molar-refractivity contribution is 0.621. The van der Waals surface area contributed by atoms with Gasteiger partial charge >= 0.3 is 0 Å². The molecule has 3 aliphatic rings. The van der Waals surface area contributed by atoms with Crippen LogP contribution in [0, 0.1) is 0 Å². The molecule has 0 aromatic heterocycles. The molecule has 0 aromatic carbocycles. The molecule has 2 heteroatoms. The molecule has 1 unspecified atom stereocenters. The number of fused-ring (bicyclic) bond motifs is 1. The smallest absolute Gasteiger partial charge is 0.0988 e. The van der Waals surface area contributed by atoms with Crippen molar-refractivity contribution < 1.29 is 0 Å². The second-order valence-electron chi connectivity index (χ2n) is 1.83. The summed E-state index contributed by atoms with van der Waals surface area (Å²) in [6, 6.07) is 0.736. The van der Waals surface area contributed by atoms with E-state index in [0.29, 0.717) is 0 Å². The van der Waals surface area contributed by atoms with Crippen LogP contribution >= 0.6 is 0 Å². The maximum Gasteiger partial charge on any atom is 0.0988 e. The van der Waals surface area contributed by atoms with E-state index in [0.717, 1.165) is 12.6 Å². The molecule has 1 saturated heterocycles. The Morgan fingerprint density at radius 1 is 1.83 bits per heavy atom. The van der Waals surface area contributed by atoms with Crippen LogP contribution < -0.4 is 5.32 Å². The highest BCUT2D eigenvalue weighted by Crippen LogP contribution is 2.13. The average Bonchev–Trinajstić information content (AvgIpc) is 1.72. The maximum absolute atomic E-state index is 4.12. The van der Waals surface area contributed by atoms with Gasteiger partial charge in [0, 0.05) is 6.42 Å². The Hall–Kier alpha value is -0.530. The van der Waals surface area contributed by atoms with E-state index < -0.39 is 0 Å². The van der Waals surface area contributed by atoms with Gasteiger partial charge in [0.25, 0.3) is 0 Å². The topological polar surface area (TPSA) is 24.4 Å². The number of nitrogens with one attached hydrogen (secondary N) is 1. The van der Waals surface area contributed by atoms with Crippen molar-refractivity contribution in [2.75, 3.05) is 6.54 Å². The number of hydrogen-bond acceptors (Lipinski definition) is 2. The van der Waals surface area contributed by atoms with Crippen LogP contribution in [0.15, 0.2) is 4.99 Å². The van der Waals surface area contributed by atoms with Gasteiger partial charge in [-0.15, -0.1) is 0 Å². The molecular formula is C4H6N2. The lowest BCUT2D eigenvalue weighted by atomic mass is 10.1. The van der Waals surface area contributed by atoms with Gasteiger partial charge < -0.3 is 5.32 Å². The second kappa shape index (κ2) is 0.600. The van der Waals surface area contributed by atoms with Gasteiger partial charge in [0.2, 0.25) is 0 Å². The van der Waals surface area contributed by atoms with Crippen LogP contribution in [0.5, 0.6) is 0 Å². The predicted octanol–water partition coefficient (Wildman–Crippen LogP) is -0.240. The van der Waals surface area contributed by atoms with E-state index in [1.54, 1.807) is 0 Å². The quantitative estimate of drug-likeness (QED) is 0.428. The van der Waals surface area contributed by atoms with Gasteiger partial charge in [-0.2, -0.15) is 0 Å². The fourth-order valence-electron chi connectivity index (χ4n) is 0.889. The summed E-state index contributed by atoms with van der Waals surface area (Å²) in [5.41, 5.74) is 0. The van der Waals surface area contributed by atoms with E-state index in [1.807, 2.05) is 0 Å². The first-order valence-electron chi connectivity index (χ1n) is 2.25. The molecule has 2 bridgehead atoms. The van der Waals surface area contributed by atoms with Crippen molar-refractivity contribution in [1.82, 2.24) is 5.32 Å². The van der Waals surface area contributed by atoms with Crippen LogP contribution in [0.4, 0.5) is 0 Å². The fraction of sp³-hybridized carbons (Fsp3) is 0.750. The highest BCUT2D eigenvalue weighted by Gasteiger charge is 2.28. The largest absolute Gasteiger partial charge is 0.369 e. The van der Waals surface area contributed by atoms with Gasteiger partial charge in [-0.1, -0.05) is 0 Å². The molecule has 1 atom stereocenters. The molecule has 32 valence electrons. The number of aliphatic imine (C=N–C) groups is 1. The van der Waals surface area contributed by atoms with E-state index in [-0.39, 0.29) is 0 Å². The molecule has 0 amide bonds. The molecule has 3 heterocycles. The summed E-state index contributed by atoms with van der Waals surface area (Å²) >= 11 is 0. The highest BCUT2D eigenvalue weighted by atomic mass is 15.2. The Kier molecular flexibility index (Phi) is 0.261. The van der Waals surface area contributed by atoms with Crippen molar-refractivity contribution in [3.63, 3.8) is 0 Å². The van der Waals surface area contributed by atoms with E-state index >= 15 is 0 Å². The lowest BCUT2D eigenvalue weighted by Gasteiger charge is -2.19. The second-order valence-corrected chi connectivity index (χ2v) is 1.83. The minimum atomic E-state index is 0.736. The molecule has 0 aliphatic carbocycles. The molecule has 6 heavy (non-hydrogen) atoms. The molecule has 1 fully saturated rings. The number of hydrogen-bond donors (Lipinski definition) is 1. The van der Waals surface area contributed by atoms with Gasteiger partial charge in [0.15, 0.2) is 0 Å². The van der Waals surface area contributed by atoms with Crippen LogP contribution in [0.1, 0.15) is 6.42 Å². The zero-order chi connectivity index (χ0) is 3.98. The van der Waals surface area contributed by atoms with E-state index in [2.05, 4.69) is 10.3 Å². The monoisotopic (exact) mass is 82.1 g/mol. The minimum absolute atomic E-state index is 0.736. The number of rotatable bonds is 0. The Bertz CT molecular complexity index is 95.4. The van der Waals surface area contributed by atoms with E-state index in [1.165, 1.54) is 12.3 Å². The summed E-state index contributed by atoms with van der Waals surface area (Å²) in [4.78, 5) is 4.12. The first-order chi connectivity index (χ1) is 2.95. The molecule has 1 N–H and O–H groups in total. The van der Waals surface area contributed by atoms with Crippen LogP contribution in [0.25, 0.3) is 0 Å². The molecule has 0 radical (unpaired) electrons. The van der Waals surface area contributed by atoms with Crippen molar-refractivity contribution in [1.29, 1.82) is 0 Å². The van der Waals surface area contributed by atoms with Crippen LogP contribution in [-0.2, 0) is 0 Å². The van der Waals surface area contributed by atoms with Crippen molar-refractivity contribution in [3.8, 4) is 0 Å². The predicted molar refractivity (Wildman–Crippen MR) is 23.8 cm³/mol. The van der Waals surface area contributed by atoms with E-state index in [4.69, 9.17) is 0 Å². The summed E-state index contributed by atoms with van der Waals surface area (Å²) < 4.78 is 0. The molecule has 3 rings (SSSR count). The standard InChI is InChI=1S/C4H6N2/c1-3-2-5-4(1)6-3/h3H,1-2H2,(H,5,6). The number of nitrogens with zero attached hydrogens (tertiary/aromatic N) is 1.